The molecule has 0 saturated heterocycles. The molecule has 0 aliphatic rings. The van der Waals surface area contributed by atoms with E-state index in [1.54, 1.807) is 13.0 Å². The second-order valence-electron chi connectivity index (χ2n) is 4.06. The number of carboxylic acid groups (broad SMARTS) is 1. The molecular formula is C13H18N2O4S. The minimum atomic E-state index is -1.04. The summed E-state index contributed by atoms with van der Waals surface area (Å²) in [6.07, 6.45) is 2.42. The molecule has 1 atom stereocenters. The maximum Gasteiger partial charge on any atom is 0.355 e. The Morgan fingerprint density at radius 1 is 1.65 bits per heavy atom. The lowest BCUT2D eigenvalue weighted by Gasteiger charge is -2.12. The van der Waals surface area contributed by atoms with Crippen molar-refractivity contribution in [2.45, 2.75) is 25.9 Å². The van der Waals surface area contributed by atoms with E-state index in [2.05, 4.69) is 16.9 Å². The largest absolute Gasteiger partial charge is 0.476 e. The normalized spacial score (nSPS) is 11.8. The quantitative estimate of drug-likeness (QED) is 0.532. The van der Waals surface area contributed by atoms with Crippen LogP contribution in [-0.2, 0) is 16.0 Å². The van der Waals surface area contributed by atoms with Crippen LogP contribution in [0, 0.1) is 0 Å². The van der Waals surface area contributed by atoms with Gasteiger partial charge in [0.2, 0.25) is 5.91 Å². The summed E-state index contributed by atoms with van der Waals surface area (Å²) in [5, 5.41) is 13.6. The number of hydrogen-bond donors (Lipinski definition) is 2. The van der Waals surface area contributed by atoms with Crippen molar-refractivity contribution in [1.82, 2.24) is 10.3 Å². The number of carboxylic acids is 1. The average molecular weight is 298 g/mol. The molecule has 1 heterocycles. The number of nitrogens with zero attached hydrogens (tertiary/aromatic N) is 1. The number of carbonyl (C=O) groups excluding carboxylic acids is 1. The Labute approximate surface area is 121 Å². The summed E-state index contributed by atoms with van der Waals surface area (Å²) in [6, 6.07) is 0. The van der Waals surface area contributed by atoms with Crippen LogP contribution in [0.1, 0.15) is 28.8 Å². The van der Waals surface area contributed by atoms with E-state index in [0.29, 0.717) is 31.0 Å². The molecule has 1 rings (SSSR count). The molecule has 1 aromatic rings. The van der Waals surface area contributed by atoms with Crippen molar-refractivity contribution in [2.75, 3.05) is 13.2 Å². The van der Waals surface area contributed by atoms with E-state index in [4.69, 9.17) is 9.84 Å². The topological polar surface area (TPSA) is 88.5 Å². The van der Waals surface area contributed by atoms with Crippen LogP contribution in [0.2, 0.25) is 0 Å². The number of carbonyl (C=O) groups is 2. The summed E-state index contributed by atoms with van der Waals surface area (Å²) in [5.74, 6) is -1.23. The van der Waals surface area contributed by atoms with Gasteiger partial charge in [0.25, 0.3) is 0 Å². The van der Waals surface area contributed by atoms with Gasteiger partial charge in [-0.15, -0.1) is 17.9 Å². The molecule has 0 aliphatic carbocycles. The first-order chi connectivity index (χ1) is 9.54. The zero-order valence-electron chi connectivity index (χ0n) is 11.3. The average Bonchev–Trinajstić information content (AvgIpc) is 2.87. The van der Waals surface area contributed by atoms with Crippen molar-refractivity contribution in [3.63, 3.8) is 0 Å². The van der Waals surface area contributed by atoms with Crippen molar-refractivity contribution >= 4 is 23.2 Å². The molecule has 1 aromatic heterocycles. The third-order valence-electron chi connectivity index (χ3n) is 2.47. The molecule has 1 amide bonds. The summed E-state index contributed by atoms with van der Waals surface area (Å²) in [6.45, 7) is 6.12. The van der Waals surface area contributed by atoms with Crippen LogP contribution >= 0.6 is 11.3 Å². The zero-order chi connectivity index (χ0) is 15.0. The van der Waals surface area contributed by atoms with E-state index in [9.17, 15) is 9.59 Å². The van der Waals surface area contributed by atoms with Gasteiger partial charge in [0, 0.05) is 18.3 Å². The molecule has 0 fully saturated rings. The standard InChI is InChI=1S/C13H18N2O4S/c1-3-4-7-19-9(2)12(16)14-6-5-11-15-10(8-20-11)13(17)18/h3,8-9H,1,4-7H2,2H3,(H,14,16)(H,17,18). The molecule has 0 aliphatic heterocycles. The van der Waals surface area contributed by atoms with Crippen molar-refractivity contribution in [3.05, 3.63) is 28.7 Å². The molecule has 0 bridgehead atoms. The zero-order valence-corrected chi connectivity index (χ0v) is 12.1. The molecule has 0 radical (unpaired) electrons. The van der Waals surface area contributed by atoms with E-state index in [0.717, 1.165) is 0 Å². The van der Waals surface area contributed by atoms with E-state index >= 15 is 0 Å². The maximum atomic E-state index is 11.7. The first-order valence-electron chi connectivity index (χ1n) is 6.22. The lowest BCUT2D eigenvalue weighted by molar-refractivity contribution is -0.131. The first kappa shape index (κ1) is 16.3. The maximum absolute atomic E-state index is 11.7. The van der Waals surface area contributed by atoms with Crippen LogP contribution in [0.3, 0.4) is 0 Å². The molecular weight excluding hydrogens is 280 g/mol. The van der Waals surface area contributed by atoms with Gasteiger partial charge in [-0.1, -0.05) is 6.08 Å². The van der Waals surface area contributed by atoms with E-state index in [1.807, 2.05) is 0 Å². The van der Waals surface area contributed by atoms with E-state index in [-0.39, 0.29) is 11.6 Å². The second kappa shape index (κ2) is 8.44. The minimum Gasteiger partial charge on any atom is -0.476 e. The Morgan fingerprint density at radius 2 is 2.40 bits per heavy atom. The minimum absolute atomic E-state index is 0.0393. The van der Waals surface area contributed by atoms with Crippen molar-refractivity contribution in [1.29, 1.82) is 0 Å². The number of amides is 1. The Balaban J connectivity index is 2.26. The van der Waals surface area contributed by atoms with Crippen molar-refractivity contribution < 1.29 is 19.4 Å². The van der Waals surface area contributed by atoms with Gasteiger partial charge in [0.15, 0.2) is 5.69 Å². The fourth-order valence-corrected chi connectivity index (χ4v) is 2.14. The third kappa shape index (κ3) is 5.50. The third-order valence-corrected chi connectivity index (χ3v) is 3.38. The fourth-order valence-electron chi connectivity index (χ4n) is 1.36. The number of ether oxygens (including phenoxy) is 1. The van der Waals surface area contributed by atoms with E-state index < -0.39 is 12.1 Å². The predicted molar refractivity (Wildman–Crippen MR) is 76.0 cm³/mol. The summed E-state index contributed by atoms with van der Waals surface area (Å²) < 4.78 is 5.31. The highest BCUT2D eigenvalue weighted by molar-refractivity contribution is 7.09. The van der Waals surface area contributed by atoms with Gasteiger partial charge in [-0.05, 0) is 13.3 Å². The summed E-state index contributed by atoms with van der Waals surface area (Å²) in [7, 11) is 0. The van der Waals surface area contributed by atoms with Crippen LogP contribution < -0.4 is 5.32 Å². The number of rotatable bonds is 9. The molecule has 7 heteroatoms. The molecule has 110 valence electrons. The molecule has 0 spiro atoms. The Hall–Kier alpha value is -1.73. The highest BCUT2D eigenvalue weighted by Crippen LogP contribution is 2.09. The van der Waals surface area contributed by atoms with Gasteiger partial charge in [0.1, 0.15) is 6.10 Å². The highest BCUT2D eigenvalue weighted by Gasteiger charge is 2.13. The molecule has 1 unspecified atom stereocenters. The van der Waals surface area contributed by atoms with Crippen LogP contribution in [0.25, 0.3) is 0 Å². The van der Waals surface area contributed by atoms with Gasteiger partial charge in [-0.2, -0.15) is 0 Å². The summed E-state index contributed by atoms with van der Waals surface area (Å²) in [5.41, 5.74) is 0.0393. The number of nitrogens with one attached hydrogen (secondary N) is 1. The molecule has 20 heavy (non-hydrogen) atoms. The monoisotopic (exact) mass is 298 g/mol. The van der Waals surface area contributed by atoms with Crippen LogP contribution in [0.4, 0.5) is 0 Å². The molecule has 0 aromatic carbocycles. The number of hydrogen-bond acceptors (Lipinski definition) is 5. The fraction of sp³-hybridized carbons (Fsp3) is 0.462. The number of aromatic carboxylic acids is 1. The lowest BCUT2D eigenvalue weighted by atomic mass is 10.3. The van der Waals surface area contributed by atoms with Gasteiger partial charge in [0.05, 0.1) is 11.6 Å². The molecule has 0 saturated carbocycles. The summed E-state index contributed by atoms with van der Waals surface area (Å²) in [4.78, 5) is 26.3. The first-order valence-corrected chi connectivity index (χ1v) is 7.10. The molecule has 6 nitrogen and oxygen atoms in total. The van der Waals surface area contributed by atoms with E-state index in [1.165, 1.54) is 16.7 Å². The SMILES string of the molecule is C=CCCOC(C)C(=O)NCCc1nc(C(=O)O)cs1. The Kier molecular flexibility index (Phi) is 6.89. The van der Waals surface area contributed by atoms with Crippen LogP contribution in [0.15, 0.2) is 18.0 Å². The number of thiazole rings is 1. The van der Waals surface area contributed by atoms with Crippen LogP contribution in [-0.4, -0.2) is 41.2 Å². The predicted octanol–water partition coefficient (Wildman–Crippen LogP) is 1.48. The van der Waals surface area contributed by atoms with Gasteiger partial charge < -0.3 is 15.2 Å². The van der Waals surface area contributed by atoms with Crippen LogP contribution in [0.5, 0.6) is 0 Å². The number of aromatic nitrogens is 1. The Morgan fingerprint density at radius 3 is 3.00 bits per heavy atom. The smallest absolute Gasteiger partial charge is 0.355 e. The van der Waals surface area contributed by atoms with Gasteiger partial charge >= 0.3 is 5.97 Å². The highest BCUT2D eigenvalue weighted by atomic mass is 32.1. The van der Waals surface area contributed by atoms with Gasteiger partial charge in [-0.25, -0.2) is 9.78 Å². The van der Waals surface area contributed by atoms with Crippen molar-refractivity contribution in [3.8, 4) is 0 Å². The second-order valence-corrected chi connectivity index (χ2v) is 5.01. The molecule has 2 N–H and O–H groups in total. The summed E-state index contributed by atoms with van der Waals surface area (Å²) >= 11 is 1.27. The van der Waals surface area contributed by atoms with Crippen molar-refractivity contribution in [2.24, 2.45) is 0 Å². The van der Waals surface area contributed by atoms with Gasteiger partial charge in [-0.3, -0.25) is 4.79 Å². The Bertz CT molecular complexity index is 473. The lowest BCUT2D eigenvalue weighted by Crippen LogP contribution is -2.35.